The Morgan fingerprint density at radius 3 is 2.36 bits per heavy atom. The fraction of sp³-hybridized carbons (Fsp3) is 0.778. The molecule has 0 aromatic rings. The van der Waals surface area contributed by atoms with E-state index in [4.69, 9.17) is 4.74 Å². The third-order valence-electron chi connectivity index (χ3n) is 2.98. The van der Waals surface area contributed by atoms with Gasteiger partial charge in [-0.2, -0.15) is 0 Å². The van der Waals surface area contributed by atoms with Gasteiger partial charge in [-0.25, -0.2) is 9.59 Å². The second-order valence-electron chi connectivity index (χ2n) is 3.86. The Kier molecular flexibility index (Phi) is 2.31. The van der Waals surface area contributed by atoms with Gasteiger partial charge in [0.15, 0.2) is 5.60 Å². The molecule has 0 radical (unpaired) electrons. The molecule has 1 N–H and O–H groups in total. The first kappa shape index (κ1) is 11.0. The molecule has 0 unspecified atom stereocenters. The van der Waals surface area contributed by atoms with E-state index in [0.29, 0.717) is 0 Å². The summed E-state index contributed by atoms with van der Waals surface area (Å²) in [4.78, 5) is 22.6. The summed E-state index contributed by atoms with van der Waals surface area (Å²) < 4.78 is 9.39. The molecule has 1 aliphatic heterocycles. The number of aliphatic hydroxyl groups is 1. The summed E-state index contributed by atoms with van der Waals surface area (Å²) in [5, 5.41) is 9.73. The molecule has 5 nitrogen and oxygen atoms in total. The van der Waals surface area contributed by atoms with Crippen molar-refractivity contribution in [3.05, 3.63) is 0 Å². The lowest BCUT2D eigenvalue weighted by Gasteiger charge is -2.26. The monoisotopic (exact) mass is 202 g/mol. The van der Waals surface area contributed by atoms with Gasteiger partial charge in [0.2, 0.25) is 5.60 Å². The van der Waals surface area contributed by atoms with E-state index in [2.05, 4.69) is 4.74 Å². The molecular formula is C9H14O5. The highest BCUT2D eigenvalue weighted by atomic mass is 16.6. The SMILES string of the molecule is COC(=O)[C@]1(C)OC(=O)[C@](C)(O)[C@@H]1C. The first-order valence-electron chi connectivity index (χ1n) is 4.31. The van der Waals surface area contributed by atoms with Crippen LogP contribution in [0, 0.1) is 5.92 Å². The normalized spacial score (nSPS) is 42.1. The molecule has 1 heterocycles. The summed E-state index contributed by atoms with van der Waals surface area (Å²) in [6.07, 6.45) is 0. The first-order chi connectivity index (χ1) is 6.26. The molecule has 0 amide bonds. The summed E-state index contributed by atoms with van der Waals surface area (Å²) in [7, 11) is 1.21. The summed E-state index contributed by atoms with van der Waals surface area (Å²) in [5.74, 6) is -2.09. The van der Waals surface area contributed by atoms with E-state index in [0.717, 1.165) is 0 Å². The van der Waals surface area contributed by atoms with Crippen LogP contribution in [0.3, 0.4) is 0 Å². The van der Waals surface area contributed by atoms with Crippen molar-refractivity contribution in [3.8, 4) is 0 Å². The number of cyclic esters (lactones) is 1. The number of hydrogen-bond acceptors (Lipinski definition) is 5. The maximum absolute atomic E-state index is 11.4. The van der Waals surface area contributed by atoms with E-state index >= 15 is 0 Å². The number of carbonyl (C=O) groups is 2. The van der Waals surface area contributed by atoms with Gasteiger partial charge in [0.1, 0.15) is 0 Å². The zero-order valence-corrected chi connectivity index (χ0v) is 8.66. The molecule has 0 aromatic heterocycles. The van der Waals surface area contributed by atoms with E-state index < -0.39 is 29.1 Å². The van der Waals surface area contributed by atoms with Crippen molar-refractivity contribution in [1.29, 1.82) is 0 Å². The fourth-order valence-corrected chi connectivity index (χ4v) is 1.52. The van der Waals surface area contributed by atoms with Gasteiger partial charge in [0.05, 0.1) is 7.11 Å². The van der Waals surface area contributed by atoms with E-state index in [1.54, 1.807) is 6.92 Å². The van der Waals surface area contributed by atoms with Gasteiger partial charge in [0.25, 0.3) is 0 Å². The molecular weight excluding hydrogens is 188 g/mol. The van der Waals surface area contributed by atoms with Gasteiger partial charge in [-0.15, -0.1) is 0 Å². The van der Waals surface area contributed by atoms with Crippen LogP contribution < -0.4 is 0 Å². The van der Waals surface area contributed by atoms with E-state index in [-0.39, 0.29) is 0 Å². The Balaban J connectivity index is 3.07. The van der Waals surface area contributed by atoms with Crippen LogP contribution in [-0.4, -0.2) is 35.4 Å². The van der Waals surface area contributed by atoms with Crippen molar-refractivity contribution in [3.63, 3.8) is 0 Å². The Morgan fingerprint density at radius 2 is 2.07 bits per heavy atom. The standard InChI is InChI=1S/C9H14O5/c1-5-8(2,12)6(10)14-9(5,3)7(11)13-4/h5,12H,1-4H3/t5-,8+,9+/m0/s1. The quantitative estimate of drug-likeness (QED) is 0.599. The molecule has 0 saturated carbocycles. The fourth-order valence-electron chi connectivity index (χ4n) is 1.52. The highest BCUT2D eigenvalue weighted by Gasteiger charge is 2.62. The number of esters is 2. The zero-order chi connectivity index (χ0) is 11.1. The molecule has 0 spiro atoms. The van der Waals surface area contributed by atoms with Crippen LogP contribution in [0.5, 0.6) is 0 Å². The van der Waals surface area contributed by atoms with Crippen molar-refractivity contribution in [2.24, 2.45) is 5.92 Å². The minimum absolute atomic E-state index is 0.644. The molecule has 0 aromatic carbocycles. The molecule has 14 heavy (non-hydrogen) atoms. The maximum Gasteiger partial charge on any atom is 0.350 e. The summed E-state index contributed by atoms with van der Waals surface area (Å²) in [6, 6.07) is 0. The van der Waals surface area contributed by atoms with E-state index in [1.807, 2.05) is 0 Å². The number of ether oxygens (including phenoxy) is 2. The second kappa shape index (κ2) is 2.95. The summed E-state index contributed by atoms with van der Waals surface area (Å²) in [6.45, 7) is 4.33. The Bertz CT molecular complexity index is 283. The molecule has 5 heteroatoms. The molecule has 1 saturated heterocycles. The van der Waals surface area contributed by atoms with Gasteiger partial charge in [-0.05, 0) is 13.8 Å². The van der Waals surface area contributed by atoms with Gasteiger partial charge < -0.3 is 14.6 Å². The molecule has 1 aliphatic rings. The van der Waals surface area contributed by atoms with Crippen LogP contribution in [0.1, 0.15) is 20.8 Å². The van der Waals surface area contributed by atoms with Gasteiger partial charge in [-0.3, -0.25) is 0 Å². The molecule has 80 valence electrons. The van der Waals surface area contributed by atoms with Crippen LogP contribution in [0.2, 0.25) is 0 Å². The lowest BCUT2D eigenvalue weighted by molar-refractivity contribution is -0.173. The van der Waals surface area contributed by atoms with Crippen molar-refractivity contribution < 1.29 is 24.2 Å². The number of rotatable bonds is 1. The van der Waals surface area contributed by atoms with Gasteiger partial charge >= 0.3 is 11.9 Å². The van der Waals surface area contributed by atoms with Crippen LogP contribution in [0.25, 0.3) is 0 Å². The molecule has 0 bridgehead atoms. The Morgan fingerprint density at radius 1 is 1.57 bits per heavy atom. The minimum Gasteiger partial charge on any atom is -0.466 e. The predicted molar refractivity (Wildman–Crippen MR) is 46.3 cm³/mol. The van der Waals surface area contributed by atoms with Crippen LogP contribution >= 0.6 is 0 Å². The van der Waals surface area contributed by atoms with Crippen LogP contribution in [0.4, 0.5) is 0 Å². The van der Waals surface area contributed by atoms with Crippen LogP contribution in [-0.2, 0) is 19.1 Å². The topological polar surface area (TPSA) is 72.8 Å². The Labute approximate surface area is 82.0 Å². The molecule has 0 aliphatic carbocycles. The van der Waals surface area contributed by atoms with Crippen molar-refractivity contribution >= 4 is 11.9 Å². The largest absolute Gasteiger partial charge is 0.466 e. The van der Waals surface area contributed by atoms with Gasteiger partial charge in [0, 0.05) is 5.92 Å². The van der Waals surface area contributed by atoms with Crippen molar-refractivity contribution in [2.75, 3.05) is 7.11 Å². The van der Waals surface area contributed by atoms with E-state index in [9.17, 15) is 14.7 Å². The van der Waals surface area contributed by atoms with Gasteiger partial charge in [-0.1, -0.05) is 6.92 Å². The zero-order valence-electron chi connectivity index (χ0n) is 8.66. The number of methoxy groups -OCH3 is 1. The Hall–Kier alpha value is -1.10. The first-order valence-corrected chi connectivity index (χ1v) is 4.31. The number of hydrogen-bond donors (Lipinski definition) is 1. The molecule has 3 atom stereocenters. The van der Waals surface area contributed by atoms with Crippen molar-refractivity contribution in [2.45, 2.75) is 32.0 Å². The second-order valence-corrected chi connectivity index (χ2v) is 3.86. The lowest BCUT2D eigenvalue weighted by Crippen LogP contribution is -2.46. The minimum atomic E-state index is -1.64. The third-order valence-corrected chi connectivity index (χ3v) is 2.98. The molecule has 1 rings (SSSR count). The van der Waals surface area contributed by atoms with E-state index in [1.165, 1.54) is 21.0 Å². The van der Waals surface area contributed by atoms with Crippen molar-refractivity contribution in [1.82, 2.24) is 0 Å². The highest BCUT2D eigenvalue weighted by Crippen LogP contribution is 2.40. The highest BCUT2D eigenvalue weighted by molar-refractivity contribution is 5.91. The average molecular weight is 202 g/mol. The number of carbonyl (C=O) groups excluding carboxylic acids is 2. The van der Waals surface area contributed by atoms with Crippen LogP contribution in [0.15, 0.2) is 0 Å². The summed E-state index contributed by atoms with van der Waals surface area (Å²) in [5.41, 5.74) is -3.03. The smallest absolute Gasteiger partial charge is 0.350 e. The summed E-state index contributed by atoms with van der Waals surface area (Å²) >= 11 is 0. The predicted octanol–water partition coefficient (Wildman–Crippen LogP) is -0.138. The lowest BCUT2D eigenvalue weighted by atomic mass is 9.81. The average Bonchev–Trinajstić information content (AvgIpc) is 2.27. The molecule has 1 fully saturated rings. The third kappa shape index (κ3) is 1.19. The maximum atomic E-state index is 11.4.